The normalized spacial score (nSPS) is 21.6. The summed E-state index contributed by atoms with van der Waals surface area (Å²) >= 11 is 1.84. The molecule has 0 bridgehead atoms. The molecule has 108 valence electrons. The number of hydrogen-bond donors (Lipinski definition) is 1. The van der Waals surface area contributed by atoms with Crippen LogP contribution in [-0.2, 0) is 13.1 Å². The molecule has 0 amide bonds. The lowest BCUT2D eigenvalue weighted by Crippen LogP contribution is -3.12. The third kappa shape index (κ3) is 2.04. The molecular weight excluding hydrogens is 284 g/mol. The highest BCUT2D eigenvalue weighted by Gasteiger charge is 2.29. The molecule has 1 aliphatic rings. The van der Waals surface area contributed by atoms with Gasteiger partial charge >= 0.3 is 5.76 Å². The molecule has 0 saturated carbocycles. The van der Waals surface area contributed by atoms with Crippen molar-refractivity contribution in [2.45, 2.75) is 26.1 Å². The van der Waals surface area contributed by atoms with Gasteiger partial charge in [0.25, 0.3) is 0 Å². The number of para-hydroxylation sites is 2. The van der Waals surface area contributed by atoms with E-state index < -0.39 is 0 Å². The maximum Gasteiger partial charge on any atom is 0.424 e. The van der Waals surface area contributed by atoms with Crippen molar-refractivity contribution in [2.75, 3.05) is 6.54 Å². The number of quaternary nitrogens is 1. The third-order valence-electron chi connectivity index (χ3n) is 4.47. The maximum atomic E-state index is 12.1. The van der Waals surface area contributed by atoms with Crippen molar-refractivity contribution in [1.82, 2.24) is 4.57 Å². The van der Waals surface area contributed by atoms with Crippen LogP contribution >= 0.6 is 11.3 Å². The average molecular weight is 301 g/mol. The van der Waals surface area contributed by atoms with Gasteiger partial charge in [-0.2, -0.15) is 0 Å². The van der Waals surface area contributed by atoms with Crippen LogP contribution in [0.15, 0.2) is 44.9 Å². The fourth-order valence-corrected chi connectivity index (χ4v) is 4.21. The molecule has 1 unspecified atom stereocenters. The number of thiophene rings is 1. The molecule has 1 N–H and O–H groups in total. The summed E-state index contributed by atoms with van der Waals surface area (Å²) in [6, 6.07) is 10.3. The molecule has 5 heteroatoms. The summed E-state index contributed by atoms with van der Waals surface area (Å²) in [4.78, 5) is 15.0. The van der Waals surface area contributed by atoms with E-state index >= 15 is 0 Å². The molecule has 21 heavy (non-hydrogen) atoms. The van der Waals surface area contributed by atoms with Gasteiger partial charge in [0, 0.05) is 16.9 Å². The van der Waals surface area contributed by atoms with Gasteiger partial charge in [-0.05, 0) is 30.5 Å². The lowest BCUT2D eigenvalue weighted by atomic mass is 10.0. The summed E-state index contributed by atoms with van der Waals surface area (Å²) in [5.41, 5.74) is 2.99. The Morgan fingerprint density at radius 2 is 2.24 bits per heavy atom. The predicted molar refractivity (Wildman–Crippen MR) is 82.7 cm³/mol. The molecule has 3 heterocycles. The number of hydrogen-bond acceptors (Lipinski definition) is 3. The van der Waals surface area contributed by atoms with Crippen LogP contribution < -0.4 is 10.7 Å². The molecule has 4 rings (SSSR count). The monoisotopic (exact) mass is 301 g/mol. The molecule has 2 aromatic heterocycles. The quantitative estimate of drug-likeness (QED) is 0.784. The van der Waals surface area contributed by atoms with Crippen molar-refractivity contribution < 1.29 is 9.32 Å². The van der Waals surface area contributed by atoms with Crippen LogP contribution in [0, 0.1) is 0 Å². The number of nitrogens with one attached hydrogen (secondary N) is 1. The highest BCUT2D eigenvalue weighted by Crippen LogP contribution is 2.24. The van der Waals surface area contributed by atoms with Gasteiger partial charge in [-0.1, -0.05) is 12.1 Å². The van der Waals surface area contributed by atoms with Gasteiger partial charge in [-0.25, -0.2) is 9.36 Å². The molecule has 0 aliphatic carbocycles. The van der Waals surface area contributed by atoms with Crippen LogP contribution in [0.25, 0.3) is 11.1 Å². The van der Waals surface area contributed by atoms with Crippen LogP contribution in [0.5, 0.6) is 0 Å². The van der Waals surface area contributed by atoms with Gasteiger partial charge < -0.3 is 9.32 Å². The Hall–Kier alpha value is -1.85. The van der Waals surface area contributed by atoms with E-state index in [9.17, 15) is 4.79 Å². The Bertz CT molecular complexity index is 845. The van der Waals surface area contributed by atoms with Crippen molar-refractivity contribution in [3.63, 3.8) is 0 Å². The topological polar surface area (TPSA) is 39.6 Å². The van der Waals surface area contributed by atoms with E-state index in [0.717, 1.165) is 18.5 Å². The molecule has 0 spiro atoms. The van der Waals surface area contributed by atoms with Crippen LogP contribution in [0.4, 0.5) is 0 Å². The van der Waals surface area contributed by atoms with Gasteiger partial charge in [-0.15, -0.1) is 11.3 Å². The SMILES string of the molecule is C[C@H]1c2ccsc2CC[NH+]1Cn1c(=O)oc2ccccc21. The predicted octanol–water partition coefficient (Wildman–Crippen LogP) is 1.82. The number of fused-ring (bicyclic) bond motifs is 2. The zero-order valence-corrected chi connectivity index (χ0v) is 12.7. The molecule has 1 aromatic carbocycles. The summed E-state index contributed by atoms with van der Waals surface area (Å²) in [6.07, 6.45) is 1.09. The average Bonchev–Trinajstić information content (AvgIpc) is 3.07. The largest absolute Gasteiger partial charge is 0.424 e. The summed E-state index contributed by atoms with van der Waals surface area (Å²) in [5.74, 6) is -0.257. The zero-order valence-electron chi connectivity index (χ0n) is 11.8. The lowest BCUT2D eigenvalue weighted by molar-refractivity contribution is -0.953. The Kier molecular flexibility index (Phi) is 2.97. The summed E-state index contributed by atoms with van der Waals surface area (Å²) in [5, 5.41) is 2.17. The lowest BCUT2D eigenvalue weighted by Gasteiger charge is -2.30. The number of aromatic nitrogens is 1. The number of nitrogens with zero attached hydrogens (tertiary/aromatic N) is 1. The van der Waals surface area contributed by atoms with E-state index in [4.69, 9.17) is 4.42 Å². The van der Waals surface area contributed by atoms with Crippen molar-refractivity contribution in [2.24, 2.45) is 0 Å². The van der Waals surface area contributed by atoms with Crippen molar-refractivity contribution in [3.05, 3.63) is 56.7 Å². The minimum atomic E-state index is -0.257. The highest BCUT2D eigenvalue weighted by atomic mass is 32.1. The van der Waals surface area contributed by atoms with Crippen molar-refractivity contribution in [3.8, 4) is 0 Å². The fraction of sp³-hybridized carbons (Fsp3) is 0.312. The molecule has 1 aliphatic heterocycles. The first-order valence-corrected chi connectivity index (χ1v) is 8.11. The van der Waals surface area contributed by atoms with Gasteiger partial charge in [0.05, 0.1) is 12.1 Å². The minimum absolute atomic E-state index is 0.257. The maximum absolute atomic E-state index is 12.1. The number of benzene rings is 1. The van der Waals surface area contributed by atoms with E-state index in [1.807, 2.05) is 35.6 Å². The van der Waals surface area contributed by atoms with Gasteiger partial charge in [0.15, 0.2) is 12.3 Å². The summed E-state index contributed by atoms with van der Waals surface area (Å²) in [7, 11) is 0. The van der Waals surface area contributed by atoms with E-state index in [0.29, 0.717) is 18.3 Å². The van der Waals surface area contributed by atoms with Crippen LogP contribution in [0.2, 0.25) is 0 Å². The molecule has 0 saturated heterocycles. The Morgan fingerprint density at radius 3 is 3.14 bits per heavy atom. The molecular formula is C16H17N2O2S+. The summed E-state index contributed by atoms with van der Waals surface area (Å²) < 4.78 is 7.09. The number of oxazole rings is 1. The fourth-order valence-electron chi connectivity index (χ4n) is 3.23. The highest BCUT2D eigenvalue weighted by molar-refractivity contribution is 7.10. The van der Waals surface area contributed by atoms with Crippen LogP contribution in [-0.4, -0.2) is 11.1 Å². The Balaban J connectivity index is 1.70. The molecule has 3 aromatic rings. The Morgan fingerprint density at radius 1 is 1.38 bits per heavy atom. The first-order chi connectivity index (χ1) is 10.2. The zero-order chi connectivity index (χ0) is 14.4. The van der Waals surface area contributed by atoms with E-state index in [1.165, 1.54) is 15.3 Å². The van der Waals surface area contributed by atoms with Crippen molar-refractivity contribution in [1.29, 1.82) is 0 Å². The van der Waals surface area contributed by atoms with Gasteiger partial charge in [0.1, 0.15) is 6.04 Å². The molecule has 0 radical (unpaired) electrons. The second-order valence-electron chi connectivity index (χ2n) is 5.60. The Labute approximate surface area is 126 Å². The smallest absolute Gasteiger partial charge is 0.408 e. The standard InChI is InChI=1S/C16H16N2O2S/c1-11-12-7-9-21-15(12)6-8-17(11)10-18-13-4-2-3-5-14(13)20-16(18)19/h2-5,7,9,11H,6,8,10H2,1H3/p+1/t11-/m0/s1. The van der Waals surface area contributed by atoms with Crippen LogP contribution in [0.3, 0.4) is 0 Å². The second-order valence-corrected chi connectivity index (χ2v) is 6.60. The molecule has 4 nitrogen and oxygen atoms in total. The minimum Gasteiger partial charge on any atom is -0.408 e. The first kappa shape index (κ1) is 12.9. The first-order valence-electron chi connectivity index (χ1n) is 7.23. The van der Waals surface area contributed by atoms with E-state index in [1.54, 1.807) is 4.57 Å². The van der Waals surface area contributed by atoms with Crippen molar-refractivity contribution >= 4 is 22.4 Å². The van der Waals surface area contributed by atoms with Crippen LogP contribution in [0.1, 0.15) is 23.4 Å². The second kappa shape index (κ2) is 4.86. The molecule has 0 fully saturated rings. The molecule has 2 atom stereocenters. The van der Waals surface area contributed by atoms with Gasteiger partial charge in [-0.3, -0.25) is 0 Å². The number of rotatable bonds is 2. The van der Waals surface area contributed by atoms with E-state index in [2.05, 4.69) is 18.4 Å². The third-order valence-corrected chi connectivity index (χ3v) is 5.46. The van der Waals surface area contributed by atoms with Gasteiger partial charge in [0.2, 0.25) is 0 Å². The summed E-state index contributed by atoms with van der Waals surface area (Å²) in [6.45, 7) is 3.96. The van der Waals surface area contributed by atoms with E-state index in [-0.39, 0.29) is 5.76 Å².